The van der Waals surface area contributed by atoms with Crippen LogP contribution in [-0.4, -0.2) is 54.1 Å². The second kappa shape index (κ2) is 11.1. The quantitative estimate of drug-likeness (QED) is 0.298. The Bertz CT molecular complexity index is 1310. The van der Waals surface area contributed by atoms with Gasteiger partial charge in [0, 0.05) is 17.8 Å². The number of ether oxygens (including phenoxy) is 2. The SMILES string of the molecule is COc1cc(C(=O)NC2CCN(C)CC2)ccc1Nc1ncc(C(F)(F)F)c(Oc2cccc(F)c2N)n1. The van der Waals surface area contributed by atoms with E-state index in [0.29, 0.717) is 17.4 Å². The zero-order valence-electron chi connectivity index (χ0n) is 20.6. The van der Waals surface area contributed by atoms with Crippen molar-refractivity contribution in [3.63, 3.8) is 0 Å². The molecule has 202 valence electrons. The van der Waals surface area contributed by atoms with Gasteiger partial charge in [-0.3, -0.25) is 4.79 Å². The third-order valence-corrected chi connectivity index (χ3v) is 6.04. The molecule has 3 aromatic rings. The van der Waals surface area contributed by atoms with Gasteiger partial charge in [-0.1, -0.05) is 6.07 Å². The Morgan fingerprint density at radius 3 is 2.58 bits per heavy atom. The highest BCUT2D eigenvalue weighted by Crippen LogP contribution is 2.39. The minimum absolute atomic E-state index is 0.0635. The number of nitrogens with one attached hydrogen (secondary N) is 2. The van der Waals surface area contributed by atoms with Crippen molar-refractivity contribution in [2.75, 3.05) is 38.3 Å². The van der Waals surface area contributed by atoms with E-state index >= 15 is 0 Å². The molecule has 4 rings (SSSR count). The molecule has 2 aromatic carbocycles. The topological polar surface area (TPSA) is 115 Å². The van der Waals surface area contributed by atoms with E-state index in [1.54, 1.807) is 6.07 Å². The predicted octanol–water partition coefficient (Wildman–Crippen LogP) is 4.59. The van der Waals surface area contributed by atoms with Gasteiger partial charge in [0.15, 0.2) is 5.75 Å². The summed E-state index contributed by atoms with van der Waals surface area (Å²) in [7, 11) is 3.41. The van der Waals surface area contributed by atoms with Crippen molar-refractivity contribution in [3.05, 3.63) is 59.5 Å². The second-order valence-electron chi connectivity index (χ2n) is 8.75. The van der Waals surface area contributed by atoms with E-state index in [0.717, 1.165) is 32.0 Å². The number of halogens is 4. The van der Waals surface area contributed by atoms with Gasteiger partial charge in [-0.05, 0) is 63.3 Å². The minimum Gasteiger partial charge on any atom is -0.495 e. The van der Waals surface area contributed by atoms with Crippen LogP contribution in [0.2, 0.25) is 0 Å². The molecule has 1 fully saturated rings. The normalized spacial score (nSPS) is 14.7. The van der Waals surface area contributed by atoms with Crippen LogP contribution in [-0.2, 0) is 6.18 Å². The molecule has 1 aromatic heterocycles. The van der Waals surface area contributed by atoms with Gasteiger partial charge in [0.25, 0.3) is 5.91 Å². The average Bonchev–Trinajstić information content (AvgIpc) is 2.88. The van der Waals surface area contributed by atoms with Crippen LogP contribution in [0.25, 0.3) is 0 Å². The number of anilines is 3. The number of hydrogen-bond donors (Lipinski definition) is 3. The highest BCUT2D eigenvalue weighted by atomic mass is 19.4. The number of para-hydroxylation sites is 1. The van der Waals surface area contributed by atoms with E-state index in [2.05, 4.69) is 25.5 Å². The number of amides is 1. The van der Waals surface area contributed by atoms with E-state index in [1.807, 2.05) is 7.05 Å². The highest BCUT2D eigenvalue weighted by Gasteiger charge is 2.37. The lowest BCUT2D eigenvalue weighted by Gasteiger charge is -2.29. The lowest BCUT2D eigenvalue weighted by Crippen LogP contribution is -2.43. The molecule has 1 aliphatic heterocycles. The first-order chi connectivity index (χ1) is 18.0. The maximum Gasteiger partial charge on any atom is 0.423 e. The number of benzene rings is 2. The number of carbonyl (C=O) groups excluding carboxylic acids is 1. The molecule has 0 spiro atoms. The molecule has 9 nitrogen and oxygen atoms in total. The van der Waals surface area contributed by atoms with Crippen molar-refractivity contribution in [2.24, 2.45) is 0 Å². The first-order valence-corrected chi connectivity index (χ1v) is 11.7. The van der Waals surface area contributed by atoms with Crippen LogP contribution in [0, 0.1) is 5.82 Å². The molecule has 1 aliphatic rings. The van der Waals surface area contributed by atoms with Crippen LogP contribution in [0.3, 0.4) is 0 Å². The van der Waals surface area contributed by atoms with Crippen molar-refractivity contribution in [3.8, 4) is 17.4 Å². The molecule has 0 saturated carbocycles. The van der Waals surface area contributed by atoms with Gasteiger partial charge in [-0.25, -0.2) is 9.37 Å². The van der Waals surface area contributed by atoms with Crippen LogP contribution in [0.1, 0.15) is 28.8 Å². The maximum absolute atomic E-state index is 13.8. The Kier molecular flexibility index (Phi) is 7.86. The lowest BCUT2D eigenvalue weighted by molar-refractivity contribution is -0.139. The molecular weight excluding hydrogens is 508 g/mol. The summed E-state index contributed by atoms with van der Waals surface area (Å²) in [6.45, 7) is 1.78. The number of methoxy groups -OCH3 is 1. The summed E-state index contributed by atoms with van der Waals surface area (Å²) in [6.07, 6.45) is -2.63. The monoisotopic (exact) mass is 534 g/mol. The molecule has 1 amide bonds. The van der Waals surface area contributed by atoms with Gasteiger partial charge in [-0.15, -0.1) is 0 Å². The summed E-state index contributed by atoms with van der Waals surface area (Å²) in [5.74, 6) is -2.35. The summed E-state index contributed by atoms with van der Waals surface area (Å²) < 4.78 is 65.1. The summed E-state index contributed by atoms with van der Waals surface area (Å²) >= 11 is 0. The lowest BCUT2D eigenvalue weighted by atomic mass is 10.0. The molecule has 2 heterocycles. The number of nitrogens with two attached hydrogens (primary N) is 1. The van der Waals surface area contributed by atoms with Crippen LogP contribution < -0.4 is 25.8 Å². The molecule has 38 heavy (non-hydrogen) atoms. The smallest absolute Gasteiger partial charge is 0.423 e. The summed E-state index contributed by atoms with van der Waals surface area (Å²) in [5, 5.41) is 5.78. The number of hydrogen-bond acceptors (Lipinski definition) is 8. The molecule has 13 heteroatoms. The number of nitrogens with zero attached hydrogens (tertiary/aromatic N) is 3. The number of likely N-dealkylation sites (tertiary alicyclic amines) is 1. The number of piperidine rings is 1. The zero-order chi connectivity index (χ0) is 27.4. The Balaban J connectivity index is 1.56. The fourth-order valence-corrected chi connectivity index (χ4v) is 3.89. The standard InChI is InChI=1S/C25H26F4N6O3/c1-35-10-8-15(9-11-35)32-22(36)14-6-7-18(20(12-14)37-2)33-24-31-13-16(25(27,28)29)23(34-24)38-19-5-3-4-17(26)21(19)30/h3-7,12-13,15H,8-11,30H2,1-2H3,(H,32,36)(H,31,33,34). The average molecular weight is 535 g/mol. The largest absolute Gasteiger partial charge is 0.495 e. The minimum atomic E-state index is -4.85. The number of rotatable bonds is 7. The first-order valence-electron chi connectivity index (χ1n) is 11.7. The fraction of sp³-hybridized carbons (Fsp3) is 0.320. The fourth-order valence-electron chi connectivity index (χ4n) is 3.89. The van der Waals surface area contributed by atoms with Crippen LogP contribution in [0.15, 0.2) is 42.6 Å². The molecule has 0 unspecified atom stereocenters. The van der Waals surface area contributed by atoms with Gasteiger partial charge < -0.3 is 30.7 Å². The van der Waals surface area contributed by atoms with Crippen molar-refractivity contribution < 1.29 is 31.8 Å². The third kappa shape index (κ3) is 6.22. The Morgan fingerprint density at radius 2 is 1.89 bits per heavy atom. The maximum atomic E-state index is 13.8. The van der Waals surface area contributed by atoms with E-state index in [1.165, 1.54) is 31.4 Å². The molecule has 0 bridgehead atoms. The van der Waals surface area contributed by atoms with Gasteiger partial charge in [0.1, 0.15) is 22.8 Å². The van der Waals surface area contributed by atoms with Crippen LogP contribution >= 0.6 is 0 Å². The van der Waals surface area contributed by atoms with Crippen LogP contribution in [0.4, 0.5) is 34.9 Å². The molecule has 4 N–H and O–H groups in total. The highest BCUT2D eigenvalue weighted by molar-refractivity contribution is 5.95. The summed E-state index contributed by atoms with van der Waals surface area (Å²) in [4.78, 5) is 22.5. The molecule has 0 atom stereocenters. The van der Waals surface area contributed by atoms with Gasteiger partial charge >= 0.3 is 6.18 Å². The van der Waals surface area contributed by atoms with Gasteiger partial charge in [0.2, 0.25) is 11.8 Å². The van der Waals surface area contributed by atoms with E-state index in [-0.39, 0.29) is 29.4 Å². The second-order valence-corrected chi connectivity index (χ2v) is 8.75. The van der Waals surface area contributed by atoms with Crippen molar-refractivity contribution in [1.82, 2.24) is 20.2 Å². The van der Waals surface area contributed by atoms with Crippen molar-refractivity contribution in [2.45, 2.75) is 25.1 Å². The number of carbonyl (C=O) groups is 1. The number of alkyl halides is 3. The number of aromatic nitrogens is 2. The Morgan fingerprint density at radius 1 is 1.16 bits per heavy atom. The van der Waals surface area contributed by atoms with Crippen LogP contribution in [0.5, 0.6) is 17.4 Å². The Hall–Kier alpha value is -4.13. The molecule has 0 aliphatic carbocycles. The van der Waals surface area contributed by atoms with Gasteiger partial charge in [0.05, 0.1) is 12.8 Å². The Labute approximate surface area is 216 Å². The molecule has 1 saturated heterocycles. The molecule has 0 radical (unpaired) electrons. The first kappa shape index (κ1) is 26.9. The van der Waals surface area contributed by atoms with E-state index in [9.17, 15) is 22.4 Å². The zero-order valence-corrected chi connectivity index (χ0v) is 20.6. The molecular formula is C25H26F4N6O3. The number of nitrogen functional groups attached to an aromatic ring is 1. The third-order valence-electron chi connectivity index (χ3n) is 6.04. The predicted molar refractivity (Wildman–Crippen MR) is 132 cm³/mol. The van der Waals surface area contributed by atoms with Crippen molar-refractivity contribution >= 4 is 23.2 Å². The van der Waals surface area contributed by atoms with E-state index in [4.69, 9.17) is 15.2 Å². The van der Waals surface area contributed by atoms with Gasteiger partial charge in [-0.2, -0.15) is 18.2 Å². The summed E-state index contributed by atoms with van der Waals surface area (Å²) in [5.41, 5.74) is 4.50. The summed E-state index contributed by atoms with van der Waals surface area (Å²) in [6, 6.07) is 8.13. The van der Waals surface area contributed by atoms with E-state index < -0.39 is 29.1 Å². The van der Waals surface area contributed by atoms with Crippen molar-refractivity contribution in [1.29, 1.82) is 0 Å².